The fourth-order valence-corrected chi connectivity index (χ4v) is 2.75. The van der Waals surface area contributed by atoms with E-state index >= 15 is 0 Å². The minimum atomic E-state index is 0.777. The maximum atomic E-state index is 2.26. The van der Waals surface area contributed by atoms with Crippen LogP contribution in [0.3, 0.4) is 0 Å². The monoisotopic (exact) mass is 208 g/mol. The molecule has 0 bridgehead atoms. The van der Waals surface area contributed by atoms with Crippen molar-refractivity contribution < 1.29 is 0 Å². The molecule has 0 saturated carbocycles. The summed E-state index contributed by atoms with van der Waals surface area (Å²) < 4.78 is 0. The van der Waals surface area contributed by atoms with Crippen molar-refractivity contribution in [1.82, 2.24) is 0 Å². The van der Waals surface area contributed by atoms with Gasteiger partial charge in [0.1, 0.15) is 0 Å². The van der Waals surface area contributed by atoms with Gasteiger partial charge in [0.15, 0.2) is 0 Å². The molecule has 0 rings (SSSR count). The zero-order valence-corrected chi connectivity index (χ0v) is 9.82. The van der Waals surface area contributed by atoms with Crippen molar-refractivity contribution in [3.8, 4) is 0 Å². The quantitative estimate of drug-likeness (QED) is 0.605. The number of hydrogen-bond acceptors (Lipinski definition) is 3. The predicted octanol–water partition coefficient (Wildman–Crippen LogP) is 4.04. The van der Waals surface area contributed by atoms with Crippen LogP contribution in [0.5, 0.6) is 0 Å². The van der Waals surface area contributed by atoms with Crippen LogP contribution in [0.1, 0.15) is 20.3 Å². The molecule has 11 heavy (non-hydrogen) atoms. The summed E-state index contributed by atoms with van der Waals surface area (Å²) in [6.07, 6.45) is 5.59. The Balaban J connectivity index is 3.12. The summed E-state index contributed by atoms with van der Waals surface area (Å²) >= 11 is 1.86. The fraction of sp³-hybridized carbons (Fsp3) is 0.750. The molecule has 0 fully saturated rings. The lowest BCUT2D eigenvalue weighted by Gasteiger charge is -2.02. The van der Waals surface area contributed by atoms with E-state index in [1.807, 2.05) is 33.3 Å². The van der Waals surface area contributed by atoms with E-state index < -0.39 is 0 Å². The Hall–Kier alpha value is 0.790. The molecule has 0 aliphatic rings. The lowest BCUT2D eigenvalue weighted by atomic mass is 10.4. The van der Waals surface area contributed by atoms with E-state index in [-0.39, 0.29) is 0 Å². The average molecular weight is 208 g/mol. The first kappa shape index (κ1) is 11.8. The summed E-state index contributed by atoms with van der Waals surface area (Å²) in [4.78, 5) is 0. The van der Waals surface area contributed by atoms with Gasteiger partial charge in [-0.1, -0.05) is 41.5 Å². The minimum Gasteiger partial charge on any atom is -0.161 e. The summed E-state index contributed by atoms with van der Waals surface area (Å²) in [5.41, 5.74) is 0. The zero-order chi connectivity index (χ0) is 8.53. The second-order valence-electron chi connectivity index (χ2n) is 2.24. The van der Waals surface area contributed by atoms with Gasteiger partial charge in [-0.3, -0.25) is 0 Å². The minimum absolute atomic E-state index is 0.777. The Labute approximate surface area is 82.4 Å². The van der Waals surface area contributed by atoms with Crippen molar-refractivity contribution in [3.63, 3.8) is 0 Å². The third-order valence-corrected chi connectivity index (χ3v) is 4.46. The molecule has 0 unspecified atom stereocenters. The smallest absolute Gasteiger partial charge is 0.0123 e. The molecule has 0 aromatic rings. The summed E-state index contributed by atoms with van der Waals surface area (Å²) in [6, 6.07) is 0. The van der Waals surface area contributed by atoms with Crippen molar-refractivity contribution >= 4 is 33.3 Å². The summed E-state index contributed by atoms with van der Waals surface area (Å²) in [5.74, 6) is 1.13. The Morgan fingerprint density at radius 3 is 2.73 bits per heavy atom. The second kappa shape index (κ2) is 8.88. The molecule has 0 spiro atoms. The molecule has 0 aromatic carbocycles. The fourth-order valence-electron chi connectivity index (χ4n) is 0.370. The first-order valence-corrected chi connectivity index (χ1v) is 7.44. The zero-order valence-electron chi connectivity index (χ0n) is 7.37. The Morgan fingerprint density at radius 1 is 1.45 bits per heavy atom. The van der Waals surface area contributed by atoms with Gasteiger partial charge in [-0.25, -0.2) is 0 Å². The summed E-state index contributed by atoms with van der Waals surface area (Å²) in [7, 11) is 3.80. The highest BCUT2D eigenvalue weighted by Gasteiger charge is 1.95. The first-order valence-electron chi connectivity index (χ1n) is 3.77. The van der Waals surface area contributed by atoms with Crippen LogP contribution in [0.2, 0.25) is 0 Å². The van der Waals surface area contributed by atoms with Crippen molar-refractivity contribution in [3.05, 3.63) is 11.5 Å². The van der Waals surface area contributed by atoms with E-state index in [4.69, 9.17) is 0 Å². The van der Waals surface area contributed by atoms with Crippen LogP contribution >= 0.6 is 33.3 Å². The van der Waals surface area contributed by atoms with E-state index in [2.05, 4.69) is 31.6 Å². The van der Waals surface area contributed by atoms with Gasteiger partial charge in [0.05, 0.1) is 0 Å². The number of hydrogen-bond donors (Lipinski definition) is 0. The lowest BCUT2D eigenvalue weighted by Crippen LogP contribution is -1.87. The summed E-state index contributed by atoms with van der Waals surface area (Å²) in [5, 5.41) is 2.96. The average Bonchev–Trinajstić information content (AvgIpc) is 2.04. The molecule has 0 heterocycles. The van der Waals surface area contributed by atoms with Gasteiger partial charge in [-0.05, 0) is 18.1 Å². The molecule has 66 valence electrons. The van der Waals surface area contributed by atoms with Gasteiger partial charge < -0.3 is 0 Å². The first-order chi connectivity index (χ1) is 5.31. The molecule has 0 radical (unpaired) electrons. The van der Waals surface area contributed by atoms with Crippen LogP contribution in [0.25, 0.3) is 0 Å². The molecule has 3 heteroatoms. The SMILES string of the molecule is CC[C@@H](C)SS/C=C\CSC. The van der Waals surface area contributed by atoms with Crippen LogP contribution in [0.15, 0.2) is 11.5 Å². The van der Waals surface area contributed by atoms with E-state index in [0.717, 1.165) is 11.0 Å². The van der Waals surface area contributed by atoms with Crippen molar-refractivity contribution in [2.24, 2.45) is 0 Å². The molecule has 1 atom stereocenters. The van der Waals surface area contributed by atoms with Crippen LogP contribution < -0.4 is 0 Å². The van der Waals surface area contributed by atoms with Crippen molar-refractivity contribution in [2.45, 2.75) is 25.5 Å². The maximum absolute atomic E-state index is 2.26. The van der Waals surface area contributed by atoms with Crippen LogP contribution in [-0.4, -0.2) is 17.3 Å². The van der Waals surface area contributed by atoms with E-state index in [0.29, 0.717) is 0 Å². The molecule has 0 aliphatic carbocycles. The maximum Gasteiger partial charge on any atom is 0.0123 e. The van der Waals surface area contributed by atoms with E-state index in [9.17, 15) is 0 Å². The Kier molecular flexibility index (Phi) is 9.52. The van der Waals surface area contributed by atoms with Crippen LogP contribution in [-0.2, 0) is 0 Å². The highest BCUT2D eigenvalue weighted by molar-refractivity contribution is 8.78. The van der Waals surface area contributed by atoms with Gasteiger partial charge in [0.2, 0.25) is 0 Å². The van der Waals surface area contributed by atoms with Gasteiger partial charge in [-0.2, -0.15) is 11.8 Å². The van der Waals surface area contributed by atoms with Gasteiger partial charge in [0, 0.05) is 11.0 Å². The normalized spacial score (nSPS) is 14.1. The molecular weight excluding hydrogens is 192 g/mol. The van der Waals surface area contributed by atoms with Crippen molar-refractivity contribution in [2.75, 3.05) is 12.0 Å². The van der Waals surface area contributed by atoms with E-state index in [1.54, 1.807) is 0 Å². The highest BCUT2D eigenvalue weighted by atomic mass is 33.1. The lowest BCUT2D eigenvalue weighted by molar-refractivity contribution is 0.912. The number of rotatable bonds is 6. The van der Waals surface area contributed by atoms with Crippen LogP contribution in [0, 0.1) is 0 Å². The van der Waals surface area contributed by atoms with Crippen LogP contribution in [0.4, 0.5) is 0 Å². The molecule has 0 N–H and O–H groups in total. The molecule has 0 amide bonds. The number of thioether (sulfide) groups is 1. The van der Waals surface area contributed by atoms with Gasteiger partial charge >= 0.3 is 0 Å². The van der Waals surface area contributed by atoms with Gasteiger partial charge in [0.25, 0.3) is 0 Å². The molecule has 0 nitrogen and oxygen atoms in total. The summed E-state index contributed by atoms with van der Waals surface area (Å²) in [6.45, 7) is 4.49. The van der Waals surface area contributed by atoms with Crippen molar-refractivity contribution in [1.29, 1.82) is 0 Å². The topological polar surface area (TPSA) is 0 Å². The van der Waals surface area contributed by atoms with Gasteiger partial charge in [-0.15, -0.1) is 0 Å². The molecule has 0 aromatic heterocycles. The predicted molar refractivity (Wildman–Crippen MR) is 62.5 cm³/mol. The second-order valence-corrected chi connectivity index (χ2v) is 5.77. The largest absolute Gasteiger partial charge is 0.161 e. The molecule has 0 saturated heterocycles. The Morgan fingerprint density at radius 2 is 2.18 bits per heavy atom. The highest BCUT2D eigenvalue weighted by Crippen LogP contribution is 2.29. The molecular formula is C8H16S3. The third kappa shape index (κ3) is 8.70. The Bertz CT molecular complexity index is 102. The van der Waals surface area contributed by atoms with E-state index in [1.165, 1.54) is 6.42 Å². The molecule has 0 aliphatic heterocycles. The standard InChI is InChI=1S/C8H16S3/c1-4-8(2)11-10-7-5-6-9-3/h5,7-8H,4,6H2,1-3H3/b7-5-/t8-/m1/s1. The third-order valence-electron chi connectivity index (χ3n) is 1.21.